The van der Waals surface area contributed by atoms with Gasteiger partial charge in [-0.3, -0.25) is 0 Å². The molecular weight excluding hydrogens is 776 g/mol. The Labute approximate surface area is 354 Å². The molecule has 4 fully saturated rings. The normalized spacial score (nSPS) is 23.4. The molecule has 0 amide bonds. The molecule has 10 rings (SSSR count). The predicted octanol–water partition coefficient (Wildman–Crippen LogP) is 12.0. The van der Waals surface area contributed by atoms with Crippen molar-refractivity contribution in [3.05, 3.63) is 142 Å². The zero-order valence-electron chi connectivity index (χ0n) is 31.8. The van der Waals surface area contributed by atoms with Crippen molar-refractivity contribution in [3.63, 3.8) is 0 Å². The van der Waals surface area contributed by atoms with Crippen molar-refractivity contribution in [2.45, 2.75) is 113 Å². The molecule has 0 aliphatic heterocycles. The van der Waals surface area contributed by atoms with Gasteiger partial charge in [0.05, 0.1) is 59.7 Å². The van der Waals surface area contributed by atoms with Crippen molar-refractivity contribution in [2.24, 2.45) is 11.8 Å². The lowest BCUT2D eigenvalue weighted by molar-refractivity contribution is 0.0753. The Morgan fingerprint density at radius 1 is 0.464 bits per heavy atom. The molecule has 10 heteroatoms. The highest BCUT2D eigenvalue weighted by Gasteiger charge is 2.36. The van der Waals surface area contributed by atoms with Crippen molar-refractivity contribution in [2.75, 3.05) is 0 Å². The van der Waals surface area contributed by atoms with E-state index in [2.05, 4.69) is 67.3 Å². The van der Waals surface area contributed by atoms with Gasteiger partial charge in [-0.15, -0.1) is 0 Å². The number of nitrogens with zero attached hydrogens (tertiary/aromatic N) is 4. The van der Waals surface area contributed by atoms with Crippen LogP contribution in [-0.4, -0.2) is 29.0 Å². The zero-order valence-corrected chi connectivity index (χ0v) is 35.3. The number of imidazole rings is 2. The molecule has 0 radical (unpaired) electrons. The molecule has 0 unspecified atom stereocenters. The van der Waals surface area contributed by atoms with E-state index in [1.165, 1.54) is 47.9 Å². The lowest BCUT2D eigenvalue weighted by atomic mass is 9.75. The largest absolute Gasteiger partial charge is 0.387 e. The number of aliphatic hydroxyl groups is 2. The summed E-state index contributed by atoms with van der Waals surface area (Å²) in [5.41, 5.74) is 9.72. The average Bonchev–Trinajstić information content (AvgIpc) is 4.14. The van der Waals surface area contributed by atoms with Gasteiger partial charge in [0, 0.05) is 10.0 Å². The fourth-order valence-electron chi connectivity index (χ4n) is 9.62. The van der Waals surface area contributed by atoms with Gasteiger partial charge >= 0.3 is 0 Å². The highest BCUT2D eigenvalue weighted by atomic mass is 35.5. The molecule has 296 valence electrons. The molecule has 2 N–H and O–H groups in total. The van der Waals surface area contributed by atoms with E-state index in [1.54, 1.807) is 0 Å². The van der Waals surface area contributed by atoms with E-state index >= 15 is 0 Å². The smallest absolute Gasteiger partial charge is 0.0995 e. The van der Waals surface area contributed by atoms with Crippen molar-refractivity contribution in [1.82, 2.24) is 18.8 Å². The van der Waals surface area contributed by atoms with Crippen LogP contribution in [0.2, 0.25) is 10.0 Å². The predicted molar refractivity (Wildman–Crippen MR) is 237 cm³/mol. The summed E-state index contributed by atoms with van der Waals surface area (Å²) in [5.74, 6) is 3.03. The minimum Gasteiger partial charge on any atom is -0.387 e. The van der Waals surface area contributed by atoms with Crippen LogP contribution in [0.5, 0.6) is 0 Å². The lowest BCUT2D eigenvalue weighted by Crippen LogP contribution is -2.22. The van der Waals surface area contributed by atoms with E-state index < -0.39 is 12.2 Å². The molecular formula is C46H54Cl2N4O2S2. The van der Waals surface area contributed by atoms with Crippen LogP contribution in [0.3, 0.4) is 0 Å². The minimum atomic E-state index is -0.412. The number of halogens is 2. The Morgan fingerprint density at radius 2 is 0.804 bits per heavy atom. The maximum Gasteiger partial charge on any atom is 0.0995 e. The third-order valence-corrected chi connectivity index (χ3v) is 13.5. The number of rotatable bonds is 8. The first-order chi connectivity index (χ1) is 26.4. The molecule has 4 aliphatic rings. The van der Waals surface area contributed by atoms with E-state index in [4.69, 9.17) is 23.2 Å². The molecule has 0 saturated heterocycles. The highest BCUT2D eigenvalue weighted by Crippen LogP contribution is 2.49. The molecule has 2 atom stereocenters. The number of aliphatic hydroxyl groups excluding tert-OH is 2. The van der Waals surface area contributed by atoms with Gasteiger partial charge in [-0.2, -0.15) is 27.0 Å². The van der Waals surface area contributed by atoms with Gasteiger partial charge in [0.1, 0.15) is 0 Å². The standard InChI is InChI=1S/2C23H25ClN2O.2H2S/c2*24-19-9-7-16(8-10-19)15-1-5-18(6-2-15)23(27)22-21(17-3-4-17)12-11-20-13-25-14-26(20)22;;/h2*7-15,17-18,23,27H,1-6H2;2*1H2/t2*15?,18?,23-;;/m00../s1. The van der Waals surface area contributed by atoms with Gasteiger partial charge in [0.15, 0.2) is 0 Å². The second kappa shape index (κ2) is 17.9. The Balaban J connectivity index is 0.000000166. The summed E-state index contributed by atoms with van der Waals surface area (Å²) in [5, 5.41) is 24.3. The van der Waals surface area contributed by atoms with E-state index in [0.29, 0.717) is 35.5 Å². The van der Waals surface area contributed by atoms with Crippen molar-refractivity contribution >= 4 is 61.2 Å². The lowest BCUT2D eigenvalue weighted by Gasteiger charge is -2.33. The summed E-state index contributed by atoms with van der Waals surface area (Å²) in [6, 6.07) is 25.3. The van der Waals surface area contributed by atoms with Crippen LogP contribution in [0.4, 0.5) is 0 Å². The van der Waals surface area contributed by atoms with Crippen LogP contribution in [-0.2, 0) is 0 Å². The molecule has 4 aromatic heterocycles. The van der Waals surface area contributed by atoms with Crippen LogP contribution in [0, 0.1) is 11.8 Å². The number of aromatic nitrogens is 4. The van der Waals surface area contributed by atoms with Gasteiger partial charge in [0.2, 0.25) is 0 Å². The summed E-state index contributed by atoms with van der Waals surface area (Å²) in [4.78, 5) is 8.62. The summed E-state index contributed by atoms with van der Waals surface area (Å²) >= 11 is 12.1. The molecule has 0 spiro atoms. The van der Waals surface area contributed by atoms with Gasteiger partial charge in [-0.05, 0) is 171 Å². The summed E-state index contributed by atoms with van der Waals surface area (Å²) in [7, 11) is 0. The minimum absolute atomic E-state index is 0. The van der Waals surface area contributed by atoms with E-state index in [1.807, 2.05) is 49.3 Å². The first-order valence-electron chi connectivity index (χ1n) is 20.2. The third kappa shape index (κ3) is 8.72. The van der Waals surface area contributed by atoms with E-state index in [0.717, 1.165) is 83.8 Å². The topological polar surface area (TPSA) is 75.1 Å². The summed E-state index contributed by atoms with van der Waals surface area (Å²) in [6.07, 6.45) is 20.4. The van der Waals surface area contributed by atoms with Crippen molar-refractivity contribution < 1.29 is 10.2 Å². The fraction of sp³-hybridized carbons (Fsp3) is 0.435. The first-order valence-corrected chi connectivity index (χ1v) is 20.9. The highest BCUT2D eigenvalue weighted by molar-refractivity contribution is 7.59. The monoisotopic (exact) mass is 828 g/mol. The molecule has 2 aromatic carbocycles. The Hall–Kier alpha value is -2.98. The Morgan fingerprint density at radius 3 is 1.14 bits per heavy atom. The molecule has 4 aliphatic carbocycles. The number of benzene rings is 2. The van der Waals surface area contributed by atoms with E-state index in [-0.39, 0.29) is 27.0 Å². The maximum absolute atomic E-state index is 11.3. The zero-order chi connectivity index (χ0) is 36.8. The fourth-order valence-corrected chi connectivity index (χ4v) is 9.87. The second-order valence-corrected chi connectivity index (χ2v) is 17.4. The molecule has 6 aromatic rings. The SMILES string of the molecule is O[C@H](c1c(C2CC2)ccc2cncn12)C1CCC(c2ccc(Cl)cc2)CC1.O[C@H](c1c(C2CC2)ccc2cncn12)C1CCC(c2ccc(Cl)cc2)CC1.S.S. The Bertz CT molecular complexity index is 2040. The molecule has 56 heavy (non-hydrogen) atoms. The second-order valence-electron chi connectivity index (χ2n) is 16.5. The van der Waals surface area contributed by atoms with Crippen molar-refractivity contribution in [1.29, 1.82) is 0 Å². The van der Waals surface area contributed by atoms with E-state index in [9.17, 15) is 10.2 Å². The van der Waals surface area contributed by atoms with Gasteiger partial charge in [0.25, 0.3) is 0 Å². The quantitative estimate of drug-likeness (QED) is 0.160. The molecule has 6 nitrogen and oxygen atoms in total. The van der Waals surface area contributed by atoms with Crippen LogP contribution < -0.4 is 0 Å². The number of pyridine rings is 2. The number of hydrogen-bond donors (Lipinski definition) is 2. The first kappa shape index (κ1) is 41.2. The Kier molecular flexibility index (Phi) is 13.2. The third-order valence-electron chi connectivity index (χ3n) is 13.0. The van der Waals surface area contributed by atoms with Crippen LogP contribution in [0.15, 0.2) is 97.8 Å². The van der Waals surface area contributed by atoms with Crippen LogP contribution in [0.1, 0.15) is 147 Å². The summed E-state index contributed by atoms with van der Waals surface area (Å²) < 4.78 is 4.23. The number of hydrogen-bond acceptors (Lipinski definition) is 4. The average molecular weight is 830 g/mol. The molecule has 0 bridgehead atoms. The summed E-state index contributed by atoms with van der Waals surface area (Å²) in [6.45, 7) is 0. The van der Waals surface area contributed by atoms with Gasteiger partial charge in [-0.25, -0.2) is 9.97 Å². The number of fused-ring (bicyclic) bond motifs is 2. The molecule has 4 saturated carbocycles. The van der Waals surface area contributed by atoms with Crippen molar-refractivity contribution in [3.8, 4) is 0 Å². The van der Waals surface area contributed by atoms with Gasteiger partial charge < -0.3 is 19.0 Å². The maximum atomic E-state index is 11.3. The molecule has 4 heterocycles. The van der Waals surface area contributed by atoms with Gasteiger partial charge in [-0.1, -0.05) is 59.6 Å². The van der Waals surface area contributed by atoms with Crippen LogP contribution >= 0.6 is 50.2 Å². The van der Waals surface area contributed by atoms with Crippen LogP contribution in [0.25, 0.3) is 11.0 Å².